The summed E-state index contributed by atoms with van der Waals surface area (Å²) in [6.45, 7) is 2.89. The normalized spacial score (nSPS) is 21.5. The fourth-order valence-electron chi connectivity index (χ4n) is 3.00. The molecule has 1 aliphatic heterocycles. The molecule has 114 valence electrons. The number of carboxylic acid groups (broad SMARTS) is 1. The topological polar surface area (TPSA) is 70.5 Å². The molecule has 0 aliphatic carbocycles. The van der Waals surface area contributed by atoms with Crippen LogP contribution in [0.4, 0.5) is 0 Å². The summed E-state index contributed by atoms with van der Waals surface area (Å²) in [5.41, 5.74) is 0.293. The fourth-order valence-corrected chi connectivity index (χ4v) is 3.00. The number of hydrogen-bond donors (Lipinski definition) is 1. The van der Waals surface area contributed by atoms with Crippen LogP contribution >= 0.6 is 0 Å². The van der Waals surface area contributed by atoms with Crippen molar-refractivity contribution in [2.24, 2.45) is 5.41 Å². The number of aromatic nitrogens is 1. The van der Waals surface area contributed by atoms with E-state index in [0.717, 1.165) is 12.0 Å². The van der Waals surface area contributed by atoms with Crippen LogP contribution < -0.4 is 0 Å². The van der Waals surface area contributed by atoms with Gasteiger partial charge in [-0.15, -0.1) is 0 Å². The van der Waals surface area contributed by atoms with Crippen LogP contribution in [0.15, 0.2) is 24.5 Å². The van der Waals surface area contributed by atoms with Crippen molar-refractivity contribution in [1.82, 2.24) is 9.88 Å². The van der Waals surface area contributed by atoms with Crippen molar-refractivity contribution in [2.75, 3.05) is 13.1 Å². The lowest BCUT2D eigenvalue weighted by atomic mass is 9.83. The second kappa shape index (κ2) is 6.70. The predicted octanol–water partition coefficient (Wildman–Crippen LogP) is 2.12. The van der Waals surface area contributed by atoms with Gasteiger partial charge in [-0.05, 0) is 30.9 Å². The monoisotopic (exact) mass is 290 g/mol. The van der Waals surface area contributed by atoms with Gasteiger partial charge in [-0.25, -0.2) is 0 Å². The van der Waals surface area contributed by atoms with E-state index in [1.807, 2.05) is 19.1 Å². The number of rotatable bonds is 6. The standard InChI is InChI=1S/C16H22N2O3/c1-2-7-16(15(20)21)8-10-18(12-16)14(19)6-5-13-4-3-9-17-11-13/h3-4,9,11H,2,5-8,10,12H2,1H3,(H,20,21). The highest BCUT2D eigenvalue weighted by molar-refractivity contribution is 5.80. The maximum Gasteiger partial charge on any atom is 0.311 e. The first-order chi connectivity index (χ1) is 10.1. The first-order valence-corrected chi connectivity index (χ1v) is 7.47. The van der Waals surface area contributed by atoms with Crippen LogP contribution in [0.1, 0.15) is 38.2 Å². The van der Waals surface area contributed by atoms with E-state index >= 15 is 0 Å². The van der Waals surface area contributed by atoms with Crippen molar-refractivity contribution in [1.29, 1.82) is 0 Å². The average Bonchev–Trinajstić information content (AvgIpc) is 2.92. The van der Waals surface area contributed by atoms with Crippen LogP contribution in [-0.2, 0) is 16.0 Å². The van der Waals surface area contributed by atoms with Gasteiger partial charge in [-0.1, -0.05) is 19.4 Å². The number of nitrogens with zero attached hydrogens (tertiary/aromatic N) is 2. The Morgan fingerprint density at radius 3 is 2.90 bits per heavy atom. The molecule has 1 aromatic rings. The van der Waals surface area contributed by atoms with Crippen LogP contribution in [0.3, 0.4) is 0 Å². The number of carbonyl (C=O) groups excluding carboxylic acids is 1. The molecular formula is C16H22N2O3. The minimum absolute atomic E-state index is 0.0399. The Bertz CT molecular complexity index is 504. The van der Waals surface area contributed by atoms with Crippen LogP contribution in [0, 0.1) is 5.41 Å². The Morgan fingerprint density at radius 1 is 1.48 bits per heavy atom. The molecule has 2 rings (SSSR count). The summed E-state index contributed by atoms with van der Waals surface area (Å²) < 4.78 is 0. The molecule has 1 N–H and O–H groups in total. The van der Waals surface area contributed by atoms with E-state index < -0.39 is 11.4 Å². The first-order valence-electron chi connectivity index (χ1n) is 7.47. The predicted molar refractivity (Wildman–Crippen MR) is 78.7 cm³/mol. The summed E-state index contributed by atoms with van der Waals surface area (Å²) in [7, 11) is 0. The maximum absolute atomic E-state index is 12.2. The first kappa shape index (κ1) is 15.5. The highest BCUT2D eigenvalue weighted by atomic mass is 16.4. The van der Waals surface area contributed by atoms with Gasteiger partial charge in [-0.3, -0.25) is 14.6 Å². The lowest BCUT2D eigenvalue weighted by Crippen LogP contribution is -2.37. The molecule has 1 amide bonds. The number of hydrogen-bond acceptors (Lipinski definition) is 3. The van der Waals surface area contributed by atoms with Crippen molar-refractivity contribution in [3.05, 3.63) is 30.1 Å². The van der Waals surface area contributed by atoms with E-state index in [2.05, 4.69) is 4.98 Å². The summed E-state index contributed by atoms with van der Waals surface area (Å²) in [4.78, 5) is 29.5. The molecule has 0 aromatic carbocycles. The van der Waals surface area contributed by atoms with Gasteiger partial charge in [0, 0.05) is 31.9 Å². The smallest absolute Gasteiger partial charge is 0.311 e. The molecule has 21 heavy (non-hydrogen) atoms. The third kappa shape index (κ3) is 3.60. The molecule has 5 nitrogen and oxygen atoms in total. The number of carbonyl (C=O) groups is 2. The molecule has 1 saturated heterocycles. The molecule has 0 bridgehead atoms. The van der Waals surface area contributed by atoms with Crippen molar-refractivity contribution >= 4 is 11.9 Å². The largest absolute Gasteiger partial charge is 0.481 e. The van der Waals surface area contributed by atoms with Gasteiger partial charge >= 0.3 is 5.97 Å². The zero-order chi connectivity index (χ0) is 15.3. The van der Waals surface area contributed by atoms with Gasteiger partial charge in [-0.2, -0.15) is 0 Å². The highest BCUT2D eigenvalue weighted by Crippen LogP contribution is 2.35. The molecule has 1 aromatic heterocycles. The van der Waals surface area contributed by atoms with Gasteiger partial charge in [0.2, 0.25) is 5.91 Å². The van der Waals surface area contributed by atoms with Crippen LogP contribution in [0.2, 0.25) is 0 Å². The summed E-state index contributed by atoms with van der Waals surface area (Å²) in [6.07, 6.45) is 6.55. The summed E-state index contributed by atoms with van der Waals surface area (Å²) in [5, 5.41) is 9.46. The lowest BCUT2D eigenvalue weighted by Gasteiger charge is -2.24. The Labute approximate surface area is 125 Å². The van der Waals surface area contributed by atoms with E-state index in [4.69, 9.17) is 0 Å². The molecule has 1 atom stereocenters. The molecule has 5 heteroatoms. The van der Waals surface area contributed by atoms with E-state index in [1.54, 1.807) is 17.3 Å². The SMILES string of the molecule is CCCC1(C(=O)O)CCN(C(=O)CCc2cccnc2)C1. The zero-order valence-electron chi connectivity index (χ0n) is 12.4. The molecule has 0 spiro atoms. The second-order valence-corrected chi connectivity index (χ2v) is 5.76. The minimum Gasteiger partial charge on any atom is -0.481 e. The lowest BCUT2D eigenvalue weighted by molar-refractivity contribution is -0.149. The zero-order valence-corrected chi connectivity index (χ0v) is 12.4. The molecular weight excluding hydrogens is 268 g/mol. The number of pyridine rings is 1. The van der Waals surface area contributed by atoms with E-state index in [-0.39, 0.29) is 5.91 Å². The highest BCUT2D eigenvalue weighted by Gasteiger charge is 2.45. The number of aryl methyl sites for hydroxylation is 1. The third-order valence-corrected chi connectivity index (χ3v) is 4.24. The van der Waals surface area contributed by atoms with Crippen molar-refractivity contribution in [3.8, 4) is 0 Å². The van der Waals surface area contributed by atoms with Crippen molar-refractivity contribution in [2.45, 2.75) is 39.0 Å². The van der Waals surface area contributed by atoms with E-state index in [0.29, 0.717) is 38.8 Å². The van der Waals surface area contributed by atoms with Crippen LogP contribution in [-0.4, -0.2) is 40.0 Å². The summed E-state index contributed by atoms with van der Waals surface area (Å²) in [5.74, 6) is -0.731. The summed E-state index contributed by atoms with van der Waals surface area (Å²) in [6, 6.07) is 3.80. The molecule has 0 radical (unpaired) electrons. The Kier molecular flexibility index (Phi) is 4.94. The molecule has 1 unspecified atom stereocenters. The number of aliphatic carboxylic acids is 1. The van der Waals surface area contributed by atoms with Gasteiger partial charge in [0.05, 0.1) is 5.41 Å². The van der Waals surface area contributed by atoms with Crippen LogP contribution in [0.5, 0.6) is 0 Å². The number of amides is 1. The number of carboxylic acids is 1. The van der Waals surface area contributed by atoms with Crippen molar-refractivity contribution in [3.63, 3.8) is 0 Å². The second-order valence-electron chi connectivity index (χ2n) is 5.76. The quantitative estimate of drug-likeness (QED) is 0.871. The minimum atomic E-state index is -0.771. The van der Waals surface area contributed by atoms with E-state index in [9.17, 15) is 14.7 Å². The maximum atomic E-state index is 12.2. The average molecular weight is 290 g/mol. The Hall–Kier alpha value is -1.91. The van der Waals surface area contributed by atoms with Gasteiger partial charge in [0.1, 0.15) is 0 Å². The Balaban J connectivity index is 1.91. The van der Waals surface area contributed by atoms with E-state index in [1.165, 1.54) is 0 Å². The molecule has 1 aliphatic rings. The summed E-state index contributed by atoms with van der Waals surface area (Å²) >= 11 is 0. The third-order valence-electron chi connectivity index (χ3n) is 4.24. The van der Waals surface area contributed by atoms with Gasteiger partial charge in [0.15, 0.2) is 0 Å². The molecule has 0 saturated carbocycles. The van der Waals surface area contributed by atoms with Gasteiger partial charge < -0.3 is 10.0 Å². The Morgan fingerprint density at radius 2 is 2.29 bits per heavy atom. The van der Waals surface area contributed by atoms with Crippen molar-refractivity contribution < 1.29 is 14.7 Å². The number of likely N-dealkylation sites (tertiary alicyclic amines) is 1. The van der Waals surface area contributed by atoms with Gasteiger partial charge in [0.25, 0.3) is 0 Å². The molecule has 1 fully saturated rings. The molecule has 2 heterocycles. The fraction of sp³-hybridized carbons (Fsp3) is 0.562. The van der Waals surface area contributed by atoms with Crippen LogP contribution in [0.25, 0.3) is 0 Å².